The van der Waals surface area contributed by atoms with Crippen molar-refractivity contribution in [3.05, 3.63) is 143 Å². The maximum absolute atomic E-state index is 14.0. The predicted molar refractivity (Wildman–Crippen MR) is 164 cm³/mol. The van der Waals surface area contributed by atoms with Crippen LogP contribution >= 0.6 is 27.3 Å². The summed E-state index contributed by atoms with van der Waals surface area (Å²) in [6.45, 7) is 3.87. The lowest BCUT2D eigenvalue weighted by Crippen LogP contribution is -2.40. The Morgan fingerprint density at radius 3 is 2.57 bits per heavy atom. The van der Waals surface area contributed by atoms with Crippen LogP contribution in [0.2, 0.25) is 0 Å². The van der Waals surface area contributed by atoms with Crippen LogP contribution in [0.5, 0.6) is 0 Å². The van der Waals surface area contributed by atoms with Gasteiger partial charge in [-0.25, -0.2) is 14.2 Å². The predicted octanol–water partition coefficient (Wildman–Crippen LogP) is 6.41. The SMILES string of the molecule is CCOC(=O)C1=C(c2ccccc2)N=c2s/c(=C\c3ccc(-c4ccc(C)cc4Br)o3)c(=O)n2[C@H]1c1ccc(F)cc1. The first-order valence-corrected chi connectivity index (χ1v) is 14.9. The van der Waals surface area contributed by atoms with Crippen molar-refractivity contribution in [1.82, 2.24) is 4.57 Å². The number of hydrogen-bond acceptors (Lipinski definition) is 6. The van der Waals surface area contributed by atoms with Crippen molar-refractivity contribution in [2.75, 3.05) is 6.61 Å². The minimum absolute atomic E-state index is 0.142. The van der Waals surface area contributed by atoms with Gasteiger partial charge in [-0.05, 0) is 61.4 Å². The zero-order valence-electron chi connectivity index (χ0n) is 22.6. The maximum Gasteiger partial charge on any atom is 0.338 e. The highest BCUT2D eigenvalue weighted by Gasteiger charge is 2.35. The molecular formula is C33H24BrFN2O4S. The highest BCUT2D eigenvalue weighted by atomic mass is 79.9. The zero-order chi connectivity index (χ0) is 29.4. The van der Waals surface area contributed by atoms with E-state index in [1.54, 1.807) is 31.2 Å². The summed E-state index contributed by atoms with van der Waals surface area (Å²) in [5.41, 5.74) is 3.52. The lowest BCUT2D eigenvalue weighted by Gasteiger charge is -2.25. The normalized spacial score (nSPS) is 15.0. The Labute approximate surface area is 252 Å². The molecule has 2 aromatic heterocycles. The van der Waals surface area contributed by atoms with Crippen LogP contribution in [0.3, 0.4) is 0 Å². The smallest absolute Gasteiger partial charge is 0.338 e. The molecule has 3 aromatic carbocycles. The van der Waals surface area contributed by atoms with Gasteiger partial charge in [0.2, 0.25) is 0 Å². The molecule has 5 aromatic rings. The fourth-order valence-corrected chi connectivity index (χ4v) is 6.59. The molecule has 6 rings (SSSR count). The fraction of sp³-hybridized carbons (Fsp3) is 0.121. The highest BCUT2D eigenvalue weighted by molar-refractivity contribution is 9.10. The second-order valence-corrected chi connectivity index (χ2v) is 11.5. The summed E-state index contributed by atoms with van der Waals surface area (Å²) >= 11 is 4.79. The number of fused-ring (bicyclic) bond motifs is 1. The number of esters is 1. The lowest BCUT2D eigenvalue weighted by molar-refractivity contribution is -0.138. The molecular weight excluding hydrogens is 619 g/mol. The summed E-state index contributed by atoms with van der Waals surface area (Å²) in [6, 6.07) is 23.8. The van der Waals surface area contributed by atoms with Crippen LogP contribution in [0.15, 0.2) is 109 Å². The molecule has 0 amide bonds. The van der Waals surface area contributed by atoms with Crippen molar-refractivity contribution in [3.63, 3.8) is 0 Å². The number of furan rings is 1. The Morgan fingerprint density at radius 1 is 1.10 bits per heavy atom. The number of halogens is 2. The maximum atomic E-state index is 14.0. The minimum Gasteiger partial charge on any atom is -0.463 e. The molecule has 9 heteroatoms. The van der Waals surface area contributed by atoms with E-state index in [4.69, 9.17) is 14.1 Å². The second kappa shape index (κ2) is 11.5. The highest BCUT2D eigenvalue weighted by Crippen LogP contribution is 2.35. The fourth-order valence-electron chi connectivity index (χ4n) is 4.93. The van der Waals surface area contributed by atoms with E-state index in [0.717, 1.165) is 15.6 Å². The minimum atomic E-state index is -0.881. The van der Waals surface area contributed by atoms with Gasteiger partial charge in [-0.1, -0.05) is 75.8 Å². The Bertz CT molecular complexity index is 2020. The number of carbonyl (C=O) groups is 1. The summed E-state index contributed by atoms with van der Waals surface area (Å²) in [5, 5.41) is 0. The summed E-state index contributed by atoms with van der Waals surface area (Å²) in [6.07, 6.45) is 1.67. The zero-order valence-corrected chi connectivity index (χ0v) is 25.0. The summed E-state index contributed by atoms with van der Waals surface area (Å²) in [5.74, 6) is 0.128. The number of aryl methyl sites for hydroxylation is 1. The molecule has 0 spiro atoms. The first kappa shape index (κ1) is 27.8. The van der Waals surface area contributed by atoms with Crippen molar-refractivity contribution >= 4 is 45.0 Å². The summed E-state index contributed by atoms with van der Waals surface area (Å²) < 4.78 is 28.3. The van der Waals surface area contributed by atoms with Gasteiger partial charge in [0.25, 0.3) is 5.56 Å². The van der Waals surface area contributed by atoms with Gasteiger partial charge in [0.05, 0.1) is 28.5 Å². The number of hydrogen-bond donors (Lipinski definition) is 0. The molecule has 0 saturated carbocycles. The molecule has 6 nitrogen and oxygen atoms in total. The molecule has 210 valence electrons. The van der Waals surface area contributed by atoms with Crippen LogP contribution in [-0.2, 0) is 9.53 Å². The molecule has 3 heterocycles. The number of aromatic nitrogens is 1. The van der Waals surface area contributed by atoms with Gasteiger partial charge in [0.15, 0.2) is 4.80 Å². The number of rotatable bonds is 6. The van der Waals surface area contributed by atoms with Gasteiger partial charge in [-0.2, -0.15) is 0 Å². The summed E-state index contributed by atoms with van der Waals surface area (Å²) in [4.78, 5) is 32.7. The van der Waals surface area contributed by atoms with E-state index in [1.807, 2.05) is 61.5 Å². The molecule has 0 unspecified atom stereocenters. The van der Waals surface area contributed by atoms with Gasteiger partial charge in [-0.3, -0.25) is 9.36 Å². The van der Waals surface area contributed by atoms with Crippen molar-refractivity contribution < 1.29 is 18.3 Å². The number of carbonyl (C=O) groups excluding carboxylic acids is 1. The molecule has 0 fully saturated rings. The number of thiazole rings is 1. The van der Waals surface area contributed by atoms with Gasteiger partial charge in [0, 0.05) is 21.7 Å². The molecule has 0 bridgehead atoms. The average molecular weight is 644 g/mol. The number of benzene rings is 3. The second-order valence-electron chi connectivity index (χ2n) is 9.67. The lowest BCUT2D eigenvalue weighted by atomic mass is 9.93. The Hall–Kier alpha value is -4.34. The van der Waals surface area contributed by atoms with E-state index in [9.17, 15) is 14.0 Å². The Morgan fingerprint density at radius 2 is 1.86 bits per heavy atom. The van der Waals surface area contributed by atoms with E-state index in [0.29, 0.717) is 37.7 Å². The molecule has 1 aliphatic rings. The third-order valence-electron chi connectivity index (χ3n) is 6.85. The van der Waals surface area contributed by atoms with Crippen LogP contribution in [-0.4, -0.2) is 17.1 Å². The van der Waals surface area contributed by atoms with Crippen LogP contribution in [0.4, 0.5) is 4.39 Å². The number of nitrogens with zero attached hydrogens (tertiary/aromatic N) is 2. The third-order valence-corrected chi connectivity index (χ3v) is 8.49. The van der Waals surface area contributed by atoms with Crippen LogP contribution in [0.25, 0.3) is 23.1 Å². The van der Waals surface area contributed by atoms with Crippen molar-refractivity contribution in [1.29, 1.82) is 0 Å². The number of ether oxygens (including phenoxy) is 1. The van der Waals surface area contributed by atoms with E-state index >= 15 is 0 Å². The van der Waals surface area contributed by atoms with Gasteiger partial charge in [-0.15, -0.1) is 0 Å². The van der Waals surface area contributed by atoms with Crippen LogP contribution in [0, 0.1) is 12.7 Å². The van der Waals surface area contributed by atoms with Gasteiger partial charge in [0.1, 0.15) is 17.3 Å². The van der Waals surface area contributed by atoms with E-state index in [1.165, 1.54) is 28.0 Å². The van der Waals surface area contributed by atoms with E-state index < -0.39 is 17.8 Å². The first-order chi connectivity index (χ1) is 20.3. The monoisotopic (exact) mass is 642 g/mol. The molecule has 42 heavy (non-hydrogen) atoms. The van der Waals surface area contributed by atoms with Crippen LogP contribution < -0.4 is 14.9 Å². The van der Waals surface area contributed by atoms with Gasteiger partial charge >= 0.3 is 5.97 Å². The molecule has 0 aliphatic carbocycles. The Kier molecular flexibility index (Phi) is 7.62. The third kappa shape index (κ3) is 5.21. The largest absolute Gasteiger partial charge is 0.463 e. The molecule has 0 N–H and O–H groups in total. The molecule has 1 aliphatic heterocycles. The van der Waals surface area contributed by atoms with Crippen LogP contribution in [0.1, 0.15) is 35.4 Å². The molecule has 0 saturated heterocycles. The average Bonchev–Trinajstić information content (AvgIpc) is 3.57. The van der Waals surface area contributed by atoms with Crippen molar-refractivity contribution in [3.8, 4) is 11.3 Å². The van der Waals surface area contributed by atoms with E-state index in [-0.39, 0.29) is 17.7 Å². The van der Waals surface area contributed by atoms with Crippen molar-refractivity contribution in [2.24, 2.45) is 4.99 Å². The quantitative estimate of drug-likeness (QED) is 0.201. The van der Waals surface area contributed by atoms with Gasteiger partial charge < -0.3 is 9.15 Å². The van der Waals surface area contributed by atoms with Crippen molar-refractivity contribution in [2.45, 2.75) is 19.9 Å². The molecule has 1 atom stereocenters. The Balaban J connectivity index is 1.55. The van der Waals surface area contributed by atoms with E-state index in [2.05, 4.69) is 15.9 Å². The standard InChI is InChI=1S/C33H24BrFN2O4S/c1-3-40-32(39)28-29(20-7-5-4-6-8-20)36-33-37(30(28)21-10-12-22(35)13-11-21)31(38)27(42-33)18-23-14-16-26(41-23)24-15-9-19(2)17-25(24)34/h4-18,30H,3H2,1-2H3/b27-18-/t30-/m0/s1. The first-order valence-electron chi connectivity index (χ1n) is 13.2. The topological polar surface area (TPSA) is 73.8 Å². The molecule has 0 radical (unpaired) electrons. The summed E-state index contributed by atoms with van der Waals surface area (Å²) in [7, 11) is 0.